The average molecular weight is 325 g/mol. The molecule has 0 radical (unpaired) electrons. The lowest BCUT2D eigenvalue weighted by molar-refractivity contribution is -0.121. The third-order valence-electron chi connectivity index (χ3n) is 4.18. The van der Waals surface area contributed by atoms with E-state index in [9.17, 15) is 14.4 Å². The minimum atomic E-state index is -0.314. The second-order valence-corrected chi connectivity index (χ2v) is 5.87. The van der Waals surface area contributed by atoms with Gasteiger partial charge in [0.2, 0.25) is 11.3 Å². The molecule has 0 aliphatic carbocycles. The zero-order valence-electron chi connectivity index (χ0n) is 13.2. The zero-order chi connectivity index (χ0) is 16.9. The minimum Gasteiger partial charge on any atom is -0.366 e. The highest BCUT2D eigenvalue weighted by Crippen LogP contribution is 2.20. The summed E-state index contributed by atoms with van der Waals surface area (Å²) in [6, 6.07) is 10.4. The van der Waals surface area contributed by atoms with Crippen LogP contribution < -0.4 is 10.7 Å². The fraction of sp³-hybridized carbons (Fsp3) is 0.278. The fourth-order valence-electron chi connectivity index (χ4n) is 2.89. The molecule has 1 aliphatic rings. The number of rotatable bonds is 3. The van der Waals surface area contributed by atoms with Gasteiger partial charge >= 0.3 is 0 Å². The minimum absolute atomic E-state index is 0.0642. The Bertz CT molecular complexity index is 785. The maximum atomic E-state index is 12.5. The van der Waals surface area contributed by atoms with Crippen LogP contribution >= 0.6 is 0 Å². The molecule has 0 saturated carbocycles. The van der Waals surface area contributed by atoms with Crippen molar-refractivity contribution in [3.05, 3.63) is 64.6 Å². The number of nitrogens with zero attached hydrogens (tertiary/aromatic N) is 1. The Labute approximate surface area is 139 Å². The Hall–Kier alpha value is -2.89. The summed E-state index contributed by atoms with van der Waals surface area (Å²) < 4.78 is 0. The lowest BCUT2D eigenvalue weighted by atomic mass is 9.96. The largest absolute Gasteiger partial charge is 0.366 e. The molecule has 24 heavy (non-hydrogen) atoms. The van der Waals surface area contributed by atoms with E-state index in [4.69, 9.17) is 0 Å². The van der Waals surface area contributed by atoms with Crippen LogP contribution in [0.5, 0.6) is 0 Å². The van der Waals surface area contributed by atoms with Crippen LogP contribution in [-0.2, 0) is 4.79 Å². The quantitative estimate of drug-likeness (QED) is 0.904. The first-order valence-electron chi connectivity index (χ1n) is 7.97. The Balaban J connectivity index is 1.67. The molecular weight excluding hydrogens is 306 g/mol. The number of nitrogens with one attached hydrogen (secondary N) is 2. The molecule has 1 fully saturated rings. The molecule has 2 amide bonds. The van der Waals surface area contributed by atoms with E-state index in [2.05, 4.69) is 10.3 Å². The van der Waals surface area contributed by atoms with E-state index in [1.807, 2.05) is 18.2 Å². The summed E-state index contributed by atoms with van der Waals surface area (Å²) in [5.41, 5.74) is 0.613. The number of pyridine rings is 1. The van der Waals surface area contributed by atoms with Gasteiger partial charge in [-0.3, -0.25) is 14.4 Å². The van der Waals surface area contributed by atoms with E-state index in [0.29, 0.717) is 25.1 Å². The van der Waals surface area contributed by atoms with Crippen molar-refractivity contribution < 1.29 is 9.59 Å². The summed E-state index contributed by atoms with van der Waals surface area (Å²) in [6.45, 7) is 1.01. The molecule has 124 valence electrons. The number of benzene rings is 1. The maximum Gasteiger partial charge on any atom is 0.253 e. The predicted octanol–water partition coefficient (Wildman–Crippen LogP) is 1.87. The van der Waals surface area contributed by atoms with Crippen molar-refractivity contribution >= 4 is 17.5 Å². The molecule has 2 heterocycles. The second kappa shape index (κ2) is 7.12. The molecule has 1 saturated heterocycles. The Kier molecular flexibility index (Phi) is 4.74. The molecule has 0 spiro atoms. The number of hydrogen-bond donors (Lipinski definition) is 2. The van der Waals surface area contributed by atoms with Gasteiger partial charge in [0.05, 0.1) is 5.92 Å². The van der Waals surface area contributed by atoms with Crippen molar-refractivity contribution in [1.29, 1.82) is 0 Å². The lowest BCUT2D eigenvalue weighted by Crippen LogP contribution is -2.44. The SMILES string of the molecule is O=C(Nc1c[nH]ccc1=O)[C@H]1CCCN(C(=O)c2ccccc2)C1. The number of piperidine rings is 1. The van der Waals surface area contributed by atoms with E-state index < -0.39 is 0 Å². The van der Waals surface area contributed by atoms with Crippen molar-refractivity contribution in [3.63, 3.8) is 0 Å². The number of hydrogen-bond acceptors (Lipinski definition) is 3. The Morgan fingerprint density at radius 2 is 1.96 bits per heavy atom. The number of anilines is 1. The molecule has 1 aliphatic heterocycles. The number of H-pyrrole nitrogens is 1. The molecule has 0 bridgehead atoms. The standard InChI is InChI=1S/C18H19N3O3/c22-16-8-9-19-11-15(16)20-17(23)14-7-4-10-21(12-14)18(24)13-5-2-1-3-6-13/h1-3,5-6,8-9,11,14H,4,7,10,12H2,(H,19,22)(H,20,23)/t14-/m0/s1. The number of likely N-dealkylation sites (tertiary alicyclic amines) is 1. The van der Waals surface area contributed by atoms with Crippen LogP contribution in [0.1, 0.15) is 23.2 Å². The van der Waals surface area contributed by atoms with Gasteiger partial charge < -0.3 is 15.2 Å². The van der Waals surface area contributed by atoms with Gasteiger partial charge in [-0.05, 0) is 25.0 Å². The fourth-order valence-corrected chi connectivity index (χ4v) is 2.89. The van der Waals surface area contributed by atoms with Gasteiger partial charge in [-0.15, -0.1) is 0 Å². The monoisotopic (exact) mass is 325 g/mol. The highest BCUT2D eigenvalue weighted by molar-refractivity contribution is 5.96. The number of aromatic amines is 1. The van der Waals surface area contributed by atoms with Crippen molar-refractivity contribution in [2.24, 2.45) is 5.92 Å². The van der Waals surface area contributed by atoms with Gasteiger partial charge in [-0.1, -0.05) is 18.2 Å². The van der Waals surface area contributed by atoms with Crippen LogP contribution in [0.3, 0.4) is 0 Å². The van der Waals surface area contributed by atoms with Crippen LogP contribution in [0.25, 0.3) is 0 Å². The van der Waals surface area contributed by atoms with Gasteiger partial charge in [0.15, 0.2) is 0 Å². The van der Waals surface area contributed by atoms with Crippen LogP contribution in [0.15, 0.2) is 53.6 Å². The molecule has 2 N–H and O–H groups in total. The summed E-state index contributed by atoms with van der Waals surface area (Å²) in [6.07, 6.45) is 4.45. The summed E-state index contributed by atoms with van der Waals surface area (Å²) >= 11 is 0. The third-order valence-corrected chi connectivity index (χ3v) is 4.18. The first-order valence-corrected chi connectivity index (χ1v) is 7.97. The first-order chi connectivity index (χ1) is 11.6. The zero-order valence-corrected chi connectivity index (χ0v) is 13.2. The van der Waals surface area contributed by atoms with Crippen molar-refractivity contribution in [2.75, 3.05) is 18.4 Å². The van der Waals surface area contributed by atoms with Gasteiger partial charge in [-0.25, -0.2) is 0 Å². The van der Waals surface area contributed by atoms with Gasteiger partial charge in [0.25, 0.3) is 5.91 Å². The van der Waals surface area contributed by atoms with E-state index in [0.717, 1.165) is 6.42 Å². The van der Waals surface area contributed by atoms with E-state index in [1.54, 1.807) is 17.0 Å². The average Bonchev–Trinajstić information content (AvgIpc) is 2.64. The van der Waals surface area contributed by atoms with E-state index in [1.165, 1.54) is 18.5 Å². The molecule has 2 aromatic rings. The summed E-state index contributed by atoms with van der Waals surface area (Å²) in [5, 5.41) is 2.66. The van der Waals surface area contributed by atoms with Crippen LogP contribution in [0.2, 0.25) is 0 Å². The third kappa shape index (κ3) is 3.53. The van der Waals surface area contributed by atoms with Gasteiger partial charge in [0, 0.05) is 37.1 Å². The molecule has 6 heteroatoms. The number of aromatic nitrogens is 1. The second-order valence-electron chi connectivity index (χ2n) is 5.87. The van der Waals surface area contributed by atoms with Crippen LogP contribution in [-0.4, -0.2) is 34.8 Å². The summed E-state index contributed by atoms with van der Waals surface area (Å²) in [4.78, 5) is 41.1. The predicted molar refractivity (Wildman–Crippen MR) is 90.8 cm³/mol. The van der Waals surface area contributed by atoms with E-state index in [-0.39, 0.29) is 28.8 Å². The highest BCUT2D eigenvalue weighted by atomic mass is 16.2. The van der Waals surface area contributed by atoms with Gasteiger partial charge in [0.1, 0.15) is 5.69 Å². The topological polar surface area (TPSA) is 82.3 Å². The molecule has 3 rings (SSSR count). The maximum absolute atomic E-state index is 12.5. The van der Waals surface area contributed by atoms with Crippen molar-refractivity contribution in [3.8, 4) is 0 Å². The number of amides is 2. The Morgan fingerprint density at radius 3 is 2.71 bits per heavy atom. The molecule has 1 atom stereocenters. The number of carbonyl (C=O) groups is 2. The highest BCUT2D eigenvalue weighted by Gasteiger charge is 2.29. The smallest absolute Gasteiger partial charge is 0.253 e. The molecule has 1 aromatic carbocycles. The van der Waals surface area contributed by atoms with Gasteiger partial charge in [-0.2, -0.15) is 0 Å². The Morgan fingerprint density at radius 1 is 1.17 bits per heavy atom. The van der Waals surface area contributed by atoms with Crippen LogP contribution in [0, 0.1) is 5.92 Å². The summed E-state index contributed by atoms with van der Waals surface area (Å²) in [5.74, 6) is -0.603. The van der Waals surface area contributed by atoms with Crippen molar-refractivity contribution in [1.82, 2.24) is 9.88 Å². The lowest BCUT2D eigenvalue weighted by Gasteiger charge is -2.32. The molecule has 1 aromatic heterocycles. The number of carbonyl (C=O) groups excluding carboxylic acids is 2. The van der Waals surface area contributed by atoms with E-state index >= 15 is 0 Å². The summed E-state index contributed by atoms with van der Waals surface area (Å²) in [7, 11) is 0. The molecular formula is C18H19N3O3. The van der Waals surface area contributed by atoms with Crippen LogP contribution in [0.4, 0.5) is 5.69 Å². The normalized spacial score (nSPS) is 17.3. The first kappa shape index (κ1) is 16.0. The molecule has 0 unspecified atom stereocenters. The van der Waals surface area contributed by atoms with Crippen molar-refractivity contribution in [2.45, 2.75) is 12.8 Å². The molecule has 6 nitrogen and oxygen atoms in total.